The Morgan fingerprint density at radius 3 is 2.27 bits per heavy atom. The van der Waals surface area contributed by atoms with Gasteiger partial charge in [-0.05, 0) is 12.8 Å². The molecule has 0 atom stereocenters. The minimum absolute atomic E-state index is 0.0272. The number of primary amides is 1. The van der Waals surface area contributed by atoms with Gasteiger partial charge >= 0.3 is 0 Å². The number of hydrogen-bond acceptors (Lipinski definition) is 3. The van der Waals surface area contributed by atoms with Crippen LogP contribution in [0.15, 0.2) is 0 Å². The van der Waals surface area contributed by atoms with Crippen LogP contribution in [0.1, 0.15) is 25.7 Å². The van der Waals surface area contributed by atoms with Gasteiger partial charge in [-0.15, -0.1) is 0 Å². The molecule has 0 aliphatic heterocycles. The van der Waals surface area contributed by atoms with Gasteiger partial charge in [0.2, 0.25) is 11.8 Å². The molecule has 15 heavy (non-hydrogen) atoms. The van der Waals surface area contributed by atoms with Crippen LogP contribution in [0.5, 0.6) is 0 Å². The van der Waals surface area contributed by atoms with Crippen LogP contribution < -0.4 is 11.5 Å². The molecule has 5 heteroatoms. The van der Waals surface area contributed by atoms with Crippen LogP contribution in [0.2, 0.25) is 0 Å². The lowest BCUT2D eigenvalue weighted by molar-refractivity contribution is -0.142. The van der Waals surface area contributed by atoms with Crippen molar-refractivity contribution in [2.45, 2.75) is 25.7 Å². The number of nitrogens with zero attached hydrogens (tertiary/aromatic N) is 1. The average Bonchev–Trinajstić information content (AvgIpc) is 2.65. The highest BCUT2D eigenvalue weighted by atomic mass is 16.2. The van der Waals surface area contributed by atoms with Crippen molar-refractivity contribution in [2.24, 2.45) is 16.9 Å². The molecule has 0 unspecified atom stereocenters. The molecule has 0 bridgehead atoms. The van der Waals surface area contributed by atoms with E-state index in [1.807, 2.05) is 0 Å². The van der Waals surface area contributed by atoms with E-state index >= 15 is 0 Å². The predicted molar refractivity (Wildman–Crippen MR) is 56.8 cm³/mol. The third kappa shape index (κ3) is 2.47. The van der Waals surface area contributed by atoms with E-state index in [-0.39, 0.29) is 12.5 Å². The maximum Gasteiger partial charge on any atom is 0.237 e. The quantitative estimate of drug-likeness (QED) is 0.656. The Morgan fingerprint density at radius 2 is 1.87 bits per heavy atom. The number of rotatable bonds is 4. The minimum atomic E-state index is -0.490. The maximum atomic E-state index is 12.1. The first-order chi connectivity index (χ1) is 7.02. The molecule has 5 nitrogen and oxygen atoms in total. The second-order valence-electron chi connectivity index (χ2n) is 4.32. The zero-order valence-electron chi connectivity index (χ0n) is 9.16. The van der Waals surface area contributed by atoms with Crippen LogP contribution in [-0.2, 0) is 9.59 Å². The van der Waals surface area contributed by atoms with Crippen molar-refractivity contribution in [1.82, 2.24) is 4.90 Å². The minimum Gasteiger partial charge on any atom is -0.368 e. The van der Waals surface area contributed by atoms with E-state index in [1.165, 1.54) is 4.90 Å². The summed E-state index contributed by atoms with van der Waals surface area (Å²) in [4.78, 5) is 24.2. The molecule has 0 aromatic carbocycles. The Hall–Kier alpha value is -1.10. The van der Waals surface area contributed by atoms with E-state index in [0.717, 1.165) is 25.7 Å². The standard InChI is InChI=1S/C10H19N3O2/c1-13(6-8(12)14)9(15)10(7-11)4-2-3-5-10/h2-7,11H2,1H3,(H2,12,14). The third-order valence-corrected chi connectivity index (χ3v) is 3.14. The first-order valence-electron chi connectivity index (χ1n) is 5.26. The van der Waals surface area contributed by atoms with Crippen molar-refractivity contribution in [1.29, 1.82) is 0 Å². The van der Waals surface area contributed by atoms with Gasteiger partial charge in [0.05, 0.1) is 12.0 Å². The molecule has 0 saturated heterocycles. The van der Waals surface area contributed by atoms with Crippen LogP contribution in [0.25, 0.3) is 0 Å². The summed E-state index contributed by atoms with van der Waals surface area (Å²) in [6.45, 7) is 0.329. The lowest BCUT2D eigenvalue weighted by atomic mass is 9.85. The van der Waals surface area contributed by atoms with Gasteiger partial charge in [-0.25, -0.2) is 0 Å². The molecule has 0 aromatic rings. The van der Waals surface area contributed by atoms with Crippen LogP contribution in [0.3, 0.4) is 0 Å². The second kappa shape index (κ2) is 4.61. The third-order valence-electron chi connectivity index (χ3n) is 3.14. The van der Waals surface area contributed by atoms with Crippen LogP contribution in [-0.4, -0.2) is 36.9 Å². The number of carbonyl (C=O) groups is 2. The molecule has 4 N–H and O–H groups in total. The molecule has 0 aromatic heterocycles. The van der Waals surface area contributed by atoms with E-state index in [1.54, 1.807) is 7.05 Å². The van der Waals surface area contributed by atoms with Crippen molar-refractivity contribution in [3.63, 3.8) is 0 Å². The van der Waals surface area contributed by atoms with E-state index < -0.39 is 11.3 Å². The molecular formula is C10H19N3O2. The molecule has 86 valence electrons. The van der Waals surface area contributed by atoms with E-state index in [0.29, 0.717) is 6.54 Å². The predicted octanol–water partition coefficient (Wildman–Crippen LogP) is -0.551. The van der Waals surface area contributed by atoms with Crippen LogP contribution >= 0.6 is 0 Å². The topological polar surface area (TPSA) is 89.4 Å². The van der Waals surface area contributed by atoms with E-state index in [2.05, 4.69) is 0 Å². The zero-order valence-corrected chi connectivity index (χ0v) is 9.16. The zero-order chi connectivity index (χ0) is 11.5. The molecular weight excluding hydrogens is 194 g/mol. The summed E-state index contributed by atoms with van der Waals surface area (Å²) >= 11 is 0. The fourth-order valence-electron chi connectivity index (χ4n) is 2.27. The summed E-state index contributed by atoms with van der Waals surface area (Å²) in [7, 11) is 1.60. The first-order valence-corrected chi connectivity index (χ1v) is 5.26. The van der Waals surface area contributed by atoms with Crippen molar-refractivity contribution >= 4 is 11.8 Å². The summed E-state index contributed by atoms with van der Waals surface area (Å²) in [6.07, 6.45) is 3.72. The average molecular weight is 213 g/mol. The maximum absolute atomic E-state index is 12.1. The monoisotopic (exact) mass is 213 g/mol. The lowest BCUT2D eigenvalue weighted by Crippen LogP contribution is -2.47. The Morgan fingerprint density at radius 1 is 1.33 bits per heavy atom. The molecule has 0 radical (unpaired) electrons. The normalized spacial score (nSPS) is 18.8. The summed E-state index contributed by atoms with van der Waals surface area (Å²) in [5, 5.41) is 0. The van der Waals surface area contributed by atoms with Crippen LogP contribution in [0, 0.1) is 5.41 Å². The molecule has 0 heterocycles. The Bertz CT molecular complexity index is 259. The number of amides is 2. The molecule has 1 rings (SSSR count). The van der Waals surface area contributed by atoms with Crippen molar-refractivity contribution in [3.8, 4) is 0 Å². The van der Waals surface area contributed by atoms with Gasteiger partial charge in [-0.1, -0.05) is 12.8 Å². The summed E-state index contributed by atoms with van der Waals surface area (Å²) in [6, 6.07) is 0. The van der Waals surface area contributed by atoms with Gasteiger partial charge in [-0.3, -0.25) is 9.59 Å². The molecule has 1 aliphatic rings. The van der Waals surface area contributed by atoms with Crippen molar-refractivity contribution in [2.75, 3.05) is 20.1 Å². The summed E-state index contributed by atoms with van der Waals surface area (Å²) in [5.41, 5.74) is 10.3. The van der Waals surface area contributed by atoms with Gasteiger partial charge in [0.25, 0.3) is 0 Å². The second-order valence-corrected chi connectivity index (χ2v) is 4.32. The summed E-state index contributed by atoms with van der Waals surface area (Å²) < 4.78 is 0. The summed E-state index contributed by atoms with van der Waals surface area (Å²) in [5.74, 6) is -0.530. The first kappa shape index (κ1) is 12.0. The van der Waals surface area contributed by atoms with Gasteiger partial charge in [0.1, 0.15) is 0 Å². The Balaban J connectivity index is 2.68. The van der Waals surface area contributed by atoms with Gasteiger partial charge in [-0.2, -0.15) is 0 Å². The van der Waals surface area contributed by atoms with Gasteiger partial charge in [0.15, 0.2) is 0 Å². The molecule has 2 amide bonds. The van der Waals surface area contributed by atoms with E-state index in [9.17, 15) is 9.59 Å². The lowest BCUT2D eigenvalue weighted by Gasteiger charge is -2.30. The highest BCUT2D eigenvalue weighted by molar-refractivity contribution is 5.87. The molecule has 1 aliphatic carbocycles. The van der Waals surface area contributed by atoms with Crippen LogP contribution in [0.4, 0.5) is 0 Å². The fraction of sp³-hybridized carbons (Fsp3) is 0.800. The highest BCUT2D eigenvalue weighted by Gasteiger charge is 2.41. The molecule has 1 fully saturated rings. The van der Waals surface area contributed by atoms with Gasteiger partial charge < -0.3 is 16.4 Å². The largest absolute Gasteiger partial charge is 0.368 e. The van der Waals surface area contributed by atoms with Crippen molar-refractivity contribution < 1.29 is 9.59 Å². The van der Waals surface area contributed by atoms with Gasteiger partial charge in [0, 0.05) is 13.6 Å². The van der Waals surface area contributed by atoms with Crippen molar-refractivity contribution in [3.05, 3.63) is 0 Å². The smallest absolute Gasteiger partial charge is 0.237 e. The number of hydrogen-bond donors (Lipinski definition) is 2. The SMILES string of the molecule is CN(CC(N)=O)C(=O)C1(CN)CCCC1. The Kier molecular flexibility index (Phi) is 3.68. The van der Waals surface area contributed by atoms with E-state index in [4.69, 9.17) is 11.5 Å². The number of likely N-dealkylation sites (N-methyl/N-ethyl adjacent to an activating group) is 1. The molecule has 0 spiro atoms. The Labute approximate surface area is 89.8 Å². The number of nitrogens with two attached hydrogens (primary N) is 2. The highest BCUT2D eigenvalue weighted by Crippen LogP contribution is 2.38. The fourth-order valence-corrected chi connectivity index (χ4v) is 2.27. The number of carbonyl (C=O) groups excluding carboxylic acids is 2. The molecule has 1 saturated carbocycles.